The van der Waals surface area contributed by atoms with Gasteiger partial charge >= 0.3 is 6.03 Å². The lowest BCUT2D eigenvalue weighted by Gasteiger charge is -2.11. The monoisotopic (exact) mass is 370 g/mol. The number of urea groups is 1. The van der Waals surface area contributed by atoms with Crippen LogP contribution in [0.2, 0.25) is 0 Å². The van der Waals surface area contributed by atoms with Crippen LogP contribution in [0.15, 0.2) is 40.1 Å². The van der Waals surface area contributed by atoms with Crippen molar-refractivity contribution in [1.29, 1.82) is 0 Å². The van der Waals surface area contributed by atoms with Gasteiger partial charge in [-0.1, -0.05) is 25.1 Å². The molecule has 0 aliphatic rings. The predicted octanol–water partition coefficient (Wildman–Crippen LogP) is 3.17. The molecule has 0 bridgehead atoms. The number of imide groups is 1. The van der Waals surface area contributed by atoms with E-state index in [-0.39, 0.29) is 13.2 Å². The lowest BCUT2D eigenvalue weighted by atomic mass is 10.2. The summed E-state index contributed by atoms with van der Waals surface area (Å²) in [7, 11) is 0. The number of carbonyl (C=O) groups excluding carboxylic acids is 2. The Morgan fingerprint density at radius 2 is 1.75 bits per heavy atom. The number of hydroxylamine groups is 1. The number of hydrogen-bond donors (Lipinski definition) is 2. The molecule has 0 aliphatic carbocycles. The summed E-state index contributed by atoms with van der Waals surface area (Å²) < 4.78 is 6.30. The summed E-state index contributed by atoms with van der Waals surface area (Å²) in [6.07, 6.45) is 4.33. The Balaban J connectivity index is 2.30. The van der Waals surface area contributed by atoms with E-state index in [1.807, 2.05) is 49.8 Å². The van der Waals surface area contributed by atoms with Gasteiger partial charge in [-0.2, -0.15) is 0 Å². The lowest BCUT2D eigenvalue weighted by molar-refractivity contribution is -0.116. The first-order valence-corrected chi connectivity index (χ1v) is 9.79. The molecule has 0 aliphatic heterocycles. The molecule has 0 radical (unpaired) electrons. The third-order valence-corrected chi connectivity index (χ3v) is 5.07. The number of nitrogens with one attached hydrogen (secondary N) is 2. The van der Waals surface area contributed by atoms with Crippen LogP contribution >= 0.6 is 23.5 Å². The molecule has 1 rings (SSSR count). The van der Waals surface area contributed by atoms with E-state index in [4.69, 9.17) is 9.57 Å². The first kappa shape index (κ1) is 20.4. The van der Waals surface area contributed by atoms with Crippen LogP contribution in [0.25, 0.3) is 0 Å². The van der Waals surface area contributed by atoms with Crippen molar-refractivity contribution in [2.24, 2.45) is 0 Å². The fraction of sp³-hybridized carbons (Fsp3) is 0.375. The SMILES string of the molecule is CCC(C(=O)NC(=O)NOCCOc1ccccc1)=C(SC)SC. The molecule has 0 heterocycles. The molecule has 0 aromatic heterocycles. The second-order valence-electron chi connectivity index (χ2n) is 4.42. The van der Waals surface area contributed by atoms with E-state index >= 15 is 0 Å². The van der Waals surface area contributed by atoms with Crippen molar-refractivity contribution in [2.45, 2.75) is 13.3 Å². The van der Waals surface area contributed by atoms with Gasteiger partial charge in [-0.05, 0) is 31.1 Å². The average Bonchev–Trinajstić information content (AvgIpc) is 2.59. The molecule has 24 heavy (non-hydrogen) atoms. The van der Waals surface area contributed by atoms with Gasteiger partial charge in [-0.25, -0.2) is 10.3 Å². The molecule has 0 saturated heterocycles. The molecular weight excluding hydrogens is 348 g/mol. The van der Waals surface area contributed by atoms with Crippen LogP contribution in [0.5, 0.6) is 5.75 Å². The number of benzene rings is 1. The van der Waals surface area contributed by atoms with Crippen molar-refractivity contribution in [2.75, 3.05) is 25.7 Å². The standard InChI is InChI=1S/C16H22N2O4S2/c1-4-13(15(23-2)24-3)14(19)17-16(20)18-22-11-10-21-12-8-6-5-7-9-12/h5-9H,4,10-11H2,1-3H3,(H2,17,18,19,20). The number of ether oxygens (including phenoxy) is 1. The Morgan fingerprint density at radius 1 is 1.08 bits per heavy atom. The second kappa shape index (κ2) is 11.8. The zero-order valence-electron chi connectivity index (χ0n) is 14.0. The van der Waals surface area contributed by atoms with Crippen molar-refractivity contribution in [1.82, 2.24) is 10.8 Å². The van der Waals surface area contributed by atoms with Crippen LogP contribution in [0.4, 0.5) is 4.79 Å². The molecule has 3 amide bonds. The van der Waals surface area contributed by atoms with Gasteiger partial charge in [-0.3, -0.25) is 14.9 Å². The number of rotatable bonds is 9. The molecule has 0 atom stereocenters. The van der Waals surface area contributed by atoms with E-state index in [1.165, 1.54) is 23.5 Å². The van der Waals surface area contributed by atoms with E-state index in [0.717, 1.165) is 9.99 Å². The first-order valence-electron chi connectivity index (χ1n) is 7.34. The third kappa shape index (κ3) is 7.29. The maximum Gasteiger partial charge on any atom is 0.345 e. The minimum Gasteiger partial charge on any atom is -0.491 e. The number of amides is 3. The van der Waals surface area contributed by atoms with E-state index in [1.54, 1.807) is 0 Å². The molecule has 0 spiro atoms. The minimum atomic E-state index is -0.702. The number of para-hydroxylation sites is 1. The molecule has 8 heteroatoms. The van der Waals surface area contributed by atoms with Crippen molar-refractivity contribution in [3.05, 3.63) is 40.1 Å². The Bertz CT molecular complexity index is 558. The van der Waals surface area contributed by atoms with Gasteiger partial charge in [0.2, 0.25) is 0 Å². The van der Waals surface area contributed by atoms with Crippen LogP contribution in [0.1, 0.15) is 13.3 Å². The quantitative estimate of drug-likeness (QED) is 0.395. The highest BCUT2D eigenvalue weighted by Gasteiger charge is 2.15. The summed E-state index contributed by atoms with van der Waals surface area (Å²) in [5, 5.41) is 2.25. The van der Waals surface area contributed by atoms with Gasteiger partial charge in [0.15, 0.2) is 0 Å². The molecule has 6 nitrogen and oxygen atoms in total. The Labute approximate surface area is 150 Å². The van der Waals surface area contributed by atoms with Crippen LogP contribution in [-0.2, 0) is 9.63 Å². The second-order valence-corrected chi connectivity index (χ2v) is 6.31. The predicted molar refractivity (Wildman–Crippen MR) is 98.9 cm³/mol. The van der Waals surface area contributed by atoms with Gasteiger partial charge in [0, 0.05) is 9.81 Å². The molecule has 0 unspecified atom stereocenters. The van der Waals surface area contributed by atoms with Crippen LogP contribution in [-0.4, -0.2) is 37.7 Å². The van der Waals surface area contributed by atoms with E-state index in [9.17, 15) is 9.59 Å². The smallest absolute Gasteiger partial charge is 0.345 e. The summed E-state index contributed by atoms with van der Waals surface area (Å²) in [5.74, 6) is 0.304. The molecule has 132 valence electrons. The molecule has 0 saturated carbocycles. The molecule has 1 aromatic carbocycles. The summed E-state index contributed by atoms with van der Waals surface area (Å²) >= 11 is 2.97. The zero-order valence-corrected chi connectivity index (χ0v) is 15.6. The van der Waals surface area contributed by atoms with Crippen LogP contribution in [0, 0.1) is 0 Å². The highest BCUT2D eigenvalue weighted by Crippen LogP contribution is 2.28. The summed E-state index contributed by atoms with van der Waals surface area (Å²) in [6, 6.07) is 8.57. The van der Waals surface area contributed by atoms with Gasteiger partial charge in [-0.15, -0.1) is 23.5 Å². The molecule has 1 aromatic rings. The van der Waals surface area contributed by atoms with Crippen molar-refractivity contribution in [3.63, 3.8) is 0 Å². The normalized spacial score (nSPS) is 9.96. The summed E-state index contributed by atoms with van der Waals surface area (Å²) in [5.41, 5.74) is 2.75. The molecule has 0 fully saturated rings. The molecular formula is C16H22N2O4S2. The summed E-state index contributed by atoms with van der Waals surface area (Å²) in [6.45, 7) is 2.31. The van der Waals surface area contributed by atoms with Gasteiger partial charge in [0.25, 0.3) is 5.91 Å². The van der Waals surface area contributed by atoms with Crippen LogP contribution in [0.3, 0.4) is 0 Å². The summed E-state index contributed by atoms with van der Waals surface area (Å²) in [4.78, 5) is 28.7. The number of hydrogen-bond acceptors (Lipinski definition) is 6. The van der Waals surface area contributed by atoms with Gasteiger partial charge < -0.3 is 4.74 Å². The van der Waals surface area contributed by atoms with E-state index < -0.39 is 11.9 Å². The minimum absolute atomic E-state index is 0.161. The largest absolute Gasteiger partial charge is 0.491 e. The number of carbonyl (C=O) groups is 2. The van der Waals surface area contributed by atoms with Crippen molar-refractivity contribution < 1.29 is 19.2 Å². The van der Waals surface area contributed by atoms with E-state index in [2.05, 4.69) is 10.8 Å². The lowest BCUT2D eigenvalue weighted by Crippen LogP contribution is -2.40. The topological polar surface area (TPSA) is 76.7 Å². The van der Waals surface area contributed by atoms with Crippen LogP contribution < -0.4 is 15.5 Å². The van der Waals surface area contributed by atoms with Gasteiger partial charge in [0.1, 0.15) is 19.0 Å². The zero-order chi connectivity index (χ0) is 17.8. The van der Waals surface area contributed by atoms with E-state index in [0.29, 0.717) is 12.0 Å². The van der Waals surface area contributed by atoms with Crippen molar-refractivity contribution in [3.8, 4) is 5.75 Å². The Morgan fingerprint density at radius 3 is 2.33 bits per heavy atom. The molecule has 2 N–H and O–H groups in total. The van der Waals surface area contributed by atoms with Crippen molar-refractivity contribution >= 4 is 35.5 Å². The average molecular weight is 370 g/mol. The maximum absolute atomic E-state index is 12.1. The first-order chi connectivity index (χ1) is 11.6. The highest BCUT2D eigenvalue weighted by atomic mass is 32.2. The maximum atomic E-state index is 12.1. The van der Waals surface area contributed by atoms with Gasteiger partial charge in [0.05, 0.1) is 0 Å². The third-order valence-electron chi connectivity index (χ3n) is 2.83. The number of thioether (sulfide) groups is 2. The Kier molecular flexibility index (Phi) is 10.1. The Hall–Kier alpha value is -1.64. The highest BCUT2D eigenvalue weighted by molar-refractivity contribution is 8.21. The fourth-order valence-corrected chi connectivity index (χ4v) is 3.40. The fourth-order valence-electron chi connectivity index (χ4n) is 1.77.